The fourth-order valence-electron chi connectivity index (χ4n) is 3.40. The molecule has 0 amide bonds. The molecule has 0 bridgehead atoms. The van der Waals surface area contributed by atoms with Crippen LogP contribution in [0.4, 0.5) is 0 Å². The molecule has 134 valence electrons. The van der Waals surface area contributed by atoms with Crippen LogP contribution in [-0.2, 0) is 0 Å². The third-order valence-electron chi connectivity index (χ3n) is 4.95. The SMILES string of the molecule is CCCCCCCCC(CCCCO)CCCCCCCC. The lowest BCUT2D eigenvalue weighted by Gasteiger charge is -2.16. The molecule has 0 aromatic rings. The van der Waals surface area contributed by atoms with Gasteiger partial charge in [0.1, 0.15) is 0 Å². The first-order valence-electron chi connectivity index (χ1n) is 10.5. The molecule has 22 heavy (non-hydrogen) atoms. The predicted octanol–water partition coefficient (Wildman–Crippen LogP) is 7.27. The van der Waals surface area contributed by atoms with Crippen molar-refractivity contribution in [3.63, 3.8) is 0 Å². The highest BCUT2D eigenvalue weighted by molar-refractivity contribution is 4.61. The van der Waals surface area contributed by atoms with E-state index in [1.807, 2.05) is 0 Å². The second-order valence-corrected chi connectivity index (χ2v) is 7.20. The van der Waals surface area contributed by atoms with Crippen LogP contribution in [0.3, 0.4) is 0 Å². The Morgan fingerprint density at radius 1 is 0.500 bits per heavy atom. The van der Waals surface area contributed by atoms with E-state index in [2.05, 4.69) is 13.8 Å². The first-order chi connectivity index (χ1) is 10.8. The summed E-state index contributed by atoms with van der Waals surface area (Å²) in [5.74, 6) is 0.934. The zero-order chi connectivity index (χ0) is 16.3. The van der Waals surface area contributed by atoms with Gasteiger partial charge in [-0.15, -0.1) is 0 Å². The molecule has 0 rings (SSSR count). The maximum atomic E-state index is 8.97. The Morgan fingerprint density at radius 2 is 0.864 bits per heavy atom. The average Bonchev–Trinajstić information content (AvgIpc) is 2.53. The molecular formula is C21H44O. The molecular weight excluding hydrogens is 268 g/mol. The van der Waals surface area contributed by atoms with Crippen molar-refractivity contribution in [3.05, 3.63) is 0 Å². The predicted molar refractivity (Wildman–Crippen MR) is 100 cm³/mol. The highest BCUT2D eigenvalue weighted by Crippen LogP contribution is 2.23. The molecule has 1 N–H and O–H groups in total. The van der Waals surface area contributed by atoms with E-state index in [4.69, 9.17) is 5.11 Å². The summed E-state index contributed by atoms with van der Waals surface area (Å²) in [6, 6.07) is 0. The van der Waals surface area contributed by atoms with E-state index in [0.717, 1.165) is 12.3 Å². The summed E-state index contributed by atoms with van der Waals surface area (Å²) in [7, 11) is 0. The average molecular weight is 313 g/mol. The van der Waals surface area contributed by atoms with E-state index in [-0.39, 0.29) is 0 Å². The van der Waals surface area contributed by atoms with Crippen LogP contribution in [0.25, 0.3) is 0 Å². The van der Waals surface area contributed by atoms with E-state index in [1.54, 1.807) is 0 Å². The van der Waals surface area contributed by atoms with Crippen molar-refractivity contribution in [2.45, 2.75) is 123 Å². The normalized spacial score (nSPS) is 11.5. The highest BCUT2D eigenvalue weighted by Gasteiger charge is 2.08. The Balaban J connectivity index is 3.65. The van der Waals surface area contributed by atoms with Gasteiger partial charge in [0.2, 0.25) is 0 Å². The minimum Gasteiger partial charge on any atom is -0.396 e. The monoisotopic (exact) mass is 312 g/mol. The van der Waals surface area contributed by atoms with Crippen LogP contribution < -0.4 is 0 Å². The summed E-state index contributed by atoms with van der Waals surface area (Å²) in [4.78, 5) is 0. The molecule has 0 unspecified atom stereocenters. The molecule has 0 aliphatic heterocycles. The number of aliphatic hydroxyl groups excluding tert-OH is 1. The van der Waals surface area contributed by atoms with Gasteiger partial charge >= 0.3 is 0 Å². The van der Waals surface area contributed by atoms with Gasteiger partial charge in [-0.3, -0.25) is 0 Å². The maximum absolute atomic E-state index is 8.97. The van der Waals surface area contributed by atoms with E-state index in [1.165, 1.54) is 103 Å². The van der Waals surface area contributed by atoms with Crippen LogP contribution >= 0.6 is 0 Å². The lowest BCUT2D eigenvalue weighted by molar-refractivity contribution is 0.272. The fraction of sp³-hybridized carbons (Fsp3) is 1.00. The summed E-state index contributed by atoms with van der Waals surface area (Å²) in [6.07, 6.45) is 23.5. The standard InChI is InChI=1S/C21H44O/c1-3-5-7-9-11-13-17-21(19-15-16-20-22)18-14-12-10-8-6-4-2/h21-22H,3-20H2,1-2H3. The van der Waals surface area contributed by atoms with Crippen molar-refractivity contribution in [1.82, 2.24) is 0 Å². The fourth-order valence-corrected chi connectivity index (χ4v) is 3.40. The Bertz CT molecular complexity index is 174. The smallest absolute Gasteiger partial charge is 0.0431 e. The Labute approximate surface area is 141 Å². The van der Waals surface area contributed by atoms with E-state index in [0.29, 0.717) is 6.61 Å². The van der Waals surface area contributed by atoms with Gasteiger partial charge < -0.3 is 5.11 Å². The van der Waals surface area contributed by atoms with Crippen molar-refractivity contribution >= 4 is 0 Å². The summed E-state index contributed by atoms with van der Waals surface area (Å²) in [5.41, 5.74) is 0. The molecule has 0 atom stereocenters. The van der Waals surface area contributed by atoms with Crippen molar-refractivity contribution in [1.29, 1.82) is 0 Å². The Kier molecular flexibility index (Phi) is 19.0. The summed E-state index contributed by atoms with van der Waals surface area (Å²) >= 11 is 0. The molecule has 0 aromatic heterocycles. The molecule has 1 heteroatoms. The number of aliphatic hydroxyl groups is 1. The molecule has 0 aliphatic carbocycles. The van der Waals surface area contributed by atoms with Crippen molar-refractivity contribution in [3.8, 4) is 0 Å². The third-order valence-corrected chi connectivity index (χ3v) is 4.95. The van der Waals surface area contributed by atoms with Gasteiger partial charge in [-0.2, -0.15) is 0 Å². The van der Waals surface area contributed by atoms with E-state index < -0.39 is 0 Å². The topological polar surface area (TPSA) is 20.2 Å². The van der Waals surface area contributed by atoms with Crippen LogP contribution in [-0.4, -0.2) is 11.7 Å². The van der Waals surface area contributed by atoms with Crippen molar-refractivity contribution in [2.24, 2.45) is 5.92 Å². The van der Waals surface area contributed by atoms with Crippen LogP contribution in [0, 0.1) is 5.92 Å². The molecule has 0 heterocycles. The van der Waals surface area contributed by atoms with Crippen LogP contribution in [0.2, 0.25) is 0 Å². The minimum atomic E-state index is 0.376. The third kappa shape index (κ3) is 16.3. The van der Waals surface area contributed by atoms with Gasteiger partial charge in [0, 0.05) is 6.61 Å². The molecule has 0 saturated carbocycles. The lowest BCUT2D eigenvalue weighted by atomic mass is 9.90. The molecule has 0 saturated heterocycles. The van der Waals surface area contributed by atoms with Crippen LogP contribution in [0.5, 0.6) is 0 Å². The molecule has 0 aromatic carbocycles. The molecule has 0 fully saturated rings. The zero-order valence-electron chi connectivity index (χ0n) is 15.8. The molecule has 0 aliphatic rings. The Hall–Kier alpha value is -0.0400. The lowest BCUT2D eigenvalue weighted by Crippen LogP contribution is -2.02. The molecule has 0 spiro atoms. The first-order valence-corrected chi connectivity index (χ1v) is 10.5. The van der Waals surface area contributed by atoms with Gasteiger partial charge in [0.15, 0.2) is 0 Å². The van der Waals surface area contributed by atoms with E-state index in [9.17, 15) is 0 Å². The first kappa shape index (κ1) is 22.0. The number of hydrogen-bond acceptors (Lipinski definition) is 1. The maximum Gasteiger partial charge on any atom is 0.0431 e. The summed E-state index contributed by atoms with van der Waals surface area (Å²) in [6.45, 7) is 4.95. The quantitative estimate of drug-likeness (QED) is 0.264. The van der Waals surface area contributed by atoms with E-state index >= 15 is 0 Å². The van der Waals surface area contributed by atoms with Crippen LogP contribution in [0.15, 0.2) is 0 Å². The second kappa shape index (κ2) is 19.0. The summed E-state index contributed by atoms with van der Waals surface area (Å²) < 4.78 is 0. The van der Waals surface area contributed by atoms with Crippen LogP contribution in [0.1, 0.15) is 123 Å². The number of rotatable bonds is 18. The largest absolute Gasteiger partial charge is 0.396 e. The van der Waals surface area contributed by atoms with Gasteiger partial charge in [0.05, 0.1) is 0 Å². The van der Waals surface area contributed by atoms with Crippen molar-refractivity contribution in [2.75, 3.05) is 6.61 Å². The van der Waals surface area contributed by atoms with Gasteiger partial charge in [-0.05, 0) is 12.3 Å². The summed E-state index contributed by atoms with van der Waals surface area (Å²) in [5, 5.41) is 8.97. The van der Waals surface area contributed by atoms with Gasteiger partial charge in [-0.1, -0.05) is 117 Å². The number of unbranched alkanes of at least 4 members (excludes halogenated alkanes) is 11. The molecule has 0 radical (unpaired) electrons. The number of hydrogen-bond donors (Lipinski definition) is 1. The highest BCUT2D eigenvalue weighted by atomic mass is 16.2. The molecule has 1 nitrogen and oxygen atoms in total. The second-order valence-electron chi connectivity index (χ2n) is 7.20. The van der Waals surface area contributed by atoms with Crippen molar-refractivity contribution < 1.29 is 5.11 Å². The zero-order valence-corrected chi connectivity index (χ0v) is 15.8. The van der Waals surface area contributed by atoms with Gasteiger partial charge in [-0.25, -0.2) is 0 Å². The van der Waals surface area contributed by atoms with Gasteiger partial charge in [0.25, 0.3) is 0 Å². The Morgan fingerprint density at radius 3 is 1.27 bits per heavy atom. The minimum absolute atomic E-state index is 0.376.